The van der Waals surface area contributed by atoms with Crippen LogP contribution >= 0.6 is 27.3 Å². The maximum atomic E-state index is 11.9. The first kappa shape index (κ1) is 13.3. The highest BCUT2D eigenvalue weighted by molar-refractivity contribution is 9.11. The topological polar surface area (TPSA) is 29.1 Å². The number of thiophene rings is 1. The number of carbonyl (C=O) groups is 1. The van der Waals surface area contributed by atoms with E-state index in [0.29, 0.717) is 6.54 Å². The van der Waals surface area contributed by atoms with Crippen LogP contribution in [0.4, 0.5) is 0 Å². The maximum Gasteiger partial charge on any atom is 0.251 e. The number of amides is 1. The molecular formula is C14H14BrNOS. The van der Waals surface area contributed by atoms with E-state index in [4.69, 9.17) is 0 Å². The molecule has 2 nitrogen and oxygen atoms in total. The van der Waals surface area contributed by atoms with Gasteiger partial charge in [0.2, 0.25) is 0 Å². The Morgan fingerprint density at radius 2 is 2.06 bits per heavy atom. The second kappa shape index (κ2) is 6.16. The van der Waals surface area contributed by atoms with Gasteiger partial charge in [-0.25, -0.2) is 0 Å². The van der Waals surface area contributed by atoms with Gasteiger partial charge in [0, 0.05) is 17.0 Å². The molecular weight excluding hydrogens is 310 g/mol. The van der Waals surface area contributed by atoms with Crippen LogP contribution in [0.15, 0.2) is 40.2 Å². The molecule has 0 saturated carbocycles. The third kappa shape index (κ3) is 3.43. The van der Waals surface area contributed by atoms with Gasteiger partial charge in [-0.15, -0.1) is 11.3 Å². The summed E-state index contributed by atoms with van der Waals surface area (Å²) in [5.74, 6) is 0.00345. The molecule has 1 amide bonds. The zero-order chi connectivity index (χ0) is 13.0. The van der Waals surface area contributed by atoms with Crippen LogP contribution in [0, 0.1) is 6.92 Å². The molecule has 0 atom stereocenters. The number of carbonyl (C=O) groups excluding carboxylic acids is 1. The minimum absolute atomic E-state index is 0.00345. The summed E-state index contributed by atoms with van der Waals surface area (Å²) in [5.41, 5.74) is 1.76. The standard InChI is InChI=1S/C14H14BrNOS/c1-10-4-2-3-5-12(10)14(17)16-9-8-11-6-7-13(15)18-11/h2-7H,8-9H2,1H3,(H,16,17). The summed E-state index contributed by atoms with van der Waals surface area (Å²) < 4.78 is 1.13. The van der Waals surface area contributed by atoms with Crippen LogP contribution in [-0.2, 0) is 6.42 Å². The molecule has 0 saturated heterocycles. The summed E-state index contributed by atoms with van der Waals surface area (Å²) >= 11 is 5.13. The third-order valence-electron chi connectivity index (χ3n) is 2.68. The minimum atomic E-state index is 0.00345. The van der Waals surface area contributed by atoms with Gasteiger partial charge in [0.1, 0.15) is 0 Å². The Morgan fingerprint density at radius 3 is 2.72 bits per heavy atom. The molecule has 1 heterocycles. The minimum Gasteiger partial charge on any atom is -0.352 e. The molecule has 94 valence electrons. The number of aryl methyl sites for hydroxylation is 1. The van der Waals surface area contributed by atoms with Crippen LogP contribution in [0.1, 0.15) is 20.8 Å². The largest absolute Gasteiger partial charge is 0.352 e. The summed E-state index contributed by atoms with van der Waals surface area (Å²) in [5, 5.41) is 2.95. The number of hydrogen-bond acceptors (Lipinski definition) is 2. The Kier molecular flexibility index (Phi) is 4.55. The summed E-state index contributed by atoms with van der Waals surface area (Å²) in [6.07, 6.45) is 0.869. The van der Waals surface area contributed by atoms with Crippen LogP contribution in [0.3, 0.4) is 0 Å². The van der Waals surface area contributed by atoms with Gasteiger partial charge in [0.25, 0.3) is 5.91 Å². The molecule has 0 fully saturated rings. The predicted molar refractivity (Wildman–Crippen MR) is 79.2 cm³/mol. The number of hydrogen-bond donors (Lipinski definition) is 1. The first-order valence-corrected chi connectivity index (χ1v) is 7.36. The van der Waals surface area contributed by atoms with Crippen molar-refractivity contribution in [1.29, 1.82) is 0 Å². The Hall–Kier alpha value is -1.13. The van der Waals surface area contributed by atoms with Crippen molar-refractivity contribution in [1.82, 2.24) is 5.32 Å². The molecule has 1 N–H and O–H groups in total. The van der Waals surface area contributed by atoms with Crippen LogP contribution in [0.5, 0.6) is 0 Å². The van der Waals surface area contributed by atoms with Crippen molar-refractivity contribution < 1.29 is 4.79 Å². The van der Waals surface area contributed by atoms with Gasteiger partial charge in [-0.3, -0.25) is 4.79 Å². The van der Waals surface area contributed by atoms with E-state index in [0.717, 1.165) is 21.3 Å². The molecule has 0 aliphatic heterocycles. The zero-order valence-electron chi connectivity index (χ0n) is 10.1. The third-order valence-corrected chi connectivity index (χ3v) is 4.36. The van der Waals surface area contributed by atoms with Crippen LogP contribution in [0.25, 0.3) is 0 Å². The van der Waals surface area contributed by atoms with Crippen molar-refractivity contribution in [2.24, 2.45) is 0 Å². The molecule has 0 unspecified atom stereocenters. The van der Waals surface area contributed by atoms with Crippen molar-refractivity contribution in [2.75, 3.05) is 6.54 Å². The molecule has 4 heteroatoms. The van der Waals surface area contributed by atoms with E-state index in [1.807, 2.05) is 37.3 Å². The van der Waals surface area contributed by atoms with E-state index in [1.54, 1.807) is 11.3 Å². The van der Waals surface area contributed by atoms with Gasteiger partial charge in [0.15, 0.2) is 0 Å². The molecule has 0 aliphatic rings. The van der Waals surface area contributed by atoms with Crippen molar-refractivity contribution >= 4 is 33.2 Å². The van der Waals surface area contributed by atoms with Gasteiger partial charge in [0.05, 0.1) is 3.79 Å². The lowest BCUT2D eigenvalue weighted by Gasteiger charge is -2.06. The second-order valence-corrected chi connectivity index (χ2v) is 6.57. The Bertz CT molecular complexity index is 550. The van der Waals surface area contributed by atoms with Crippen LogP contribution < -0.4 is 5.32 Å². The molecule has 1 aromatic heterocycles. The van der Waals surface area contributed by atoms with Gasteiger partial charge in [-0.05, 0) is 53.0 Å². The Balaban J connectivity index is 1.87. The zero-order valence-corrected chi connectivity index (χ0v) is 12.5. The molecule has 1 aromatic carbocycles. The quantitative estimate of drug-likeness (QED) is 0.911. The fourth-order valence-electron chi connectivity index (χ4n) is 1.71. The second-order valence-electron chi connectivity index (χ2n) is 4.03. The molecule has 0 bridgehead atoms. The van der Waals surface area contributed by atoms with Crippen molar-refractivity contribution in [3.05, 3.63) is 56.2 Å². The average Bonchev–Trinajstić information content (AvgIpc) is 2.75. The molecule has 0 radical (unpaired) electrons. The Labute approximate surface area is 119 Å². The fraction of sp³-hybridized carbons (Fsp3) is 0.214. The number of halogens is 1. The first-order valence-electron chi connectivity index (χ1n) is 5.75. The normalized spacial score (nSPS) is 10.3. The average molecular weight is 324 g/mol. The lowest BCUT2D eigenvalue weighted by molar-refractivity contribution is 0.0953. The van der Waals surface area contributed by atoms with E-state index < -0.39 is 0 Å². The molecule has 2 aromatic rings. The number of benzene rings is 1. The first-order chi connectivity index (χ1) is 8.66. The van der Waals surface area contributed by atoms with E-state index in [1.165, 1.54) is 4.88 Å². The van der Waals surface area contributed by atoms with Gasteiger partial charge in [-0.1, -0.05) is 18.2 Å². The summed E-state index contributed by atoms with van der Waals surface area (Å²) in [4.78, 5) is 13.2. The lowest BCUT2D eigenvalue weighted by Crippen LogP contribution is -2.26. The van der Waals surface area contributed by atoms with Gasteiger partial charge >= 0.3 is 0 Å². The van der Waals surface area contributed by atoms with Crippen molar-refractivity contribution in [3.63, 3.8) is 0 Å². The number of nitrogens with one attached hydrogen (secondary N) is 1. The lowest BCUT2D eigenvalue weighted by atomic mass is 10.1. The van der Waals surface area contributed by atoms with E-state index in [-0.39, 0.29) is 5.91 Å². The van der Waals surface area contributed by atoms with Crippen molar-refractivity contribution in [3.8, 4) is 0 Å². The van der Waals surface area contributed by atoms with Crippen LogP contribution in [-0.4, -0.2) is 12.5 Å². The molecule has 0 aliphatic carbocycles. The van der Waals surface area contributed by atoms with E-state index in [2.05, 4.69) is 27.3 Å². The molecule has 2 rings (SSSR count). The fourth-order valence-corrected chi connectivity index (χ4v) is 3.19. The smallest absolute Gasteiger partial charge is 0.251 e. The predicted octanol–water partition coefficient (Wildman–Crippen LogP) is 3.79. The SMILES string of the molecule is Cc1ccccc1C(=O)NCCc1ccc(Br)s1. The highest BCUT2D eigenvalue weighted by atomic mass is 79.9. The summed E-state index contributed by atoms with van der Waals surface area (Å²) in [7, 11) is 0. The Morgan fingerprint density at radius 1 is 1.28 bits per heavy atom. The van der Waals surface area contributed by atoms with E-state index in [9.17, 15) is 4.79 Å². The number of rotatable bonds is 4. The highest BCUT2D eigenvalue weighted by Crippen LogP contribution is 2.22. The maximum absolute atomic E-state index is 11.9. The monoisotopic (exact) mass is 323 g/mol. The van der Waals surface area contributed by atoms with E-state index >= 15 is 0 Å². The highest BCUT2D eigenvalue weighted by Gasteiger charge is 2.07. The summed E-state index contributed by atoms with van der Waals surface area (Å²) in [6, 6.07) is 11.7. The molecule has 0 spiro atoms. The van der Waals surface area contributed by atoms with Crippen LogP contribution in [0.2, 0.25) is 0 Å². The molecule has 18 heavy (non-hydrogen) atoms. The van der Waals surface area contributed by atoms with Crippen molar-refractivity contribution in [2.45, 2.75) is 13.3 Å². The summed E-state index contributed by atoms with van der Waals surface area (Å²) in [6.45, 7) is 2.62. The van der Waals surface area contributed by atoms with Gasteiger partial charge < -0.3 is 5.32 Å². The van der Waals surface area contributed by atoms with Gasteiger partial charge in [-0.2, -0.15) is 0 Å².